The van der Waals surface area contributed by atoms with E-state index in [1.165, 1.54) is 17.5 Å². The molecule has 1 saturated heterocycles. The van der Waals surface area contributed by atoms with Crippen molar-refractivity contribution in [3.8, 4) is 0 Å². The number of aromatic nitrogens is 1. The summed E-state index contributed by atoms with van der Waals surface area (Å²) >= 11 is 0. The third-order valence-electron chi connectivity index (χ3n) is 7.27. The fraction of sp³-hybridized carbons (Fsp3) is 0.333. The van der Waals surface area contributed by atoms with Crippen molar-refractivity contribution in [3.63, 3.8) is 0 Å². The minimum absolute atomic E-state index is 0.0200. The highest BCUT2D eigenvalue weighted by molar-refractivity contribution is 5.94. The normalized spacial score (nSPS) is 15.3. The SMILES string of the molecule is Cc1ccc(C(=O)N(Cc2ccco2)Cc2cc3cc4c(cc3nc2N2CCOCC2)CCC4)cc1. The van der Waals surface area contributed by atoms with E-state index in [-0.39, 0.29) is 5.91 Å². The number of morpholine rings is 1. The van der Waals surface area contributed by atoms with Crippen molar-refractivity contribution in [3.05, 3.63) is 94.4 Å². The summed E-state index contributed by atoms with van der Waals surface area (Å²) in [7, 11) is 0. The van der Waals surface area contributed by atoms with Crippen LogP contribution >= 0.6 is 0 Å². The van der Waals surface area contributed by atoms with Gasteiger partial charge in [0.15, 0.2) is 0 Å². The molecule has 2 aromatic heterocycles. The Balaban J connectivity index is 1.41. The molecule has 0 atom stereocenters. The van der Waals surface area contributed by atoms with Crippen LogP contribution in [0.3, 0.4) is 0 Å². The second-order valence-corrected chi connectivity index (χ2v) is 9.84. The Hall–Kier alpha value is -3.64. The topological polar surface area (TPSA) is 58.8 Å². The van der Waals surface area contributed by atoms with Crippen LogP contribution in [0.1, 0.15) is 44.8 Å². The molecule has 2 aromatic carbocycles. The van der Waals surface area contributed by atoms with Gasteiger partial charge in [0.1, 0.15) is 11.6 Å². The molecule has 184 valence electrons. The quantitative estimate of drug-likeness (QED) is 0.374. The molecule has 3 heterocycles. The summed E-state index contributed by atoms with van der Waals surface area (Å²) in [6.07, 6.45) is 5.11. The zero-order valence-corrected chi connectivity index (χ0v) is 20.7. The molecule has 1 amide bonds. The summed E-state index contributed by atoms with van der Waals surface area (Å²) in [6, 6.07) is 18.4. The summed E-state index contributed by atoms with van der Waals surface area (Å²) in [4.78, 5) is 23.1. The van der Waals surface area contributed by atoms with Gasteiger partial charge in [-0.1, -0.05) is 17.7 Å². The lowest BCUT2D eigenvalue weighted by Crippen LogP contribution is -2.38. The van der Waals surface area contributed by atoms with E-state index in [4.69, 9.17) is 14.1 Å². The van der Waals surface area contributed by atoms with Gasteiger partial charge in [-0.25, -0.2) is 4.98 Å². The summed E-state index contributed by atoms with van der Waals surface area (Å²) in [5.74, 6) is 1.69. The maximum Gasteiger partial charge on any atom is 0.254 e. The maximum atomic E-state index is 13.7. The van der Waals surface area contributed by atoms with E-state index >= 15 is 0 Å². The lowest BCUT2D eigenvalue weighted by Gasteiger charge is -2.31. The van der Waals surface area contributed by atoms with E-state index in [1.54, 1.807) is 6.26 Å². The zero-order chi connectivity index (χ0) is 24.5. The van der Waals surface area contributed by atoms with Crippen molar-refractivity contribution in [1.29, 1.82) is 0 Å². The van der Waals surface area contributed by atoms with Crippen molar-refractivity contribution in [2.75, 3.05) is 31.2 Å². The van der Waals surface area contributed by atoms with Crippen LogP contribution in [0, 0.1) is 6.92 Å². The maximum absolute atomic E-state index is 13.7. The van der Waals surface area contributed by atoms with Gasteiger partial charge in [-0.15, -0.1) is 0 Å². The van der Waals surface area contributed by atoms with E-state index in [2.05, 4.69) is 23.1 Å². The van der Waals surface area contributed by atoms with Crippen LogP contribution in [0.2, 0.25) is 0 Å². The Morgan fingerprint density at radius 1 is 1.00 bits per heavy atom. The van der Waals surface area contributed by atoms with Gasteiger partial charge in [-0.2, -0.15) is 0 Å². The van der Waals surface area contributed by atoms with Crippen LogP contribution in [-0.2, 0) is 30.7 Å². The molecule has 4 aromatic rings. The molecule has 0 saturated carbocycles. The molecule has 6 heteroatoms. The van der Waals surface area contributed by atoms with Gasteiger partial charge in [0.05, 0.1) is 38.1 Å². The molecule has 1 fully saturated rings. The first-order valence-corrected chi connectivity index (χ1v) is 12.8. The van der Waals surface area contributed by atoms with Crippen LogP contribution in [0.25, 0.3) is 10.9 Å². The van der Waals surface area contributed by atoms with E-state index < -0.39 is 0 Å². The number of furan rings is 1. The minimum atomic E-state index is -0.0200. The molecule has 6 nitrogen and oxygen atoms in total. The average Bonchev–Trinajstić information content (AvgIpc) is 3.59. The molecule has 1 aliphatic heterocycles. The molecule has 0 unspecified atom stereocenters. The first-order chi connectivity index (χ1) is 17.6. The van der Waals surface area contributed by atoms with Crippen LogP contribution in [-0.4, -0.2) is 42.1 Å². The molecule has 0 spiro atoms. The van der Waals surface area contributed by atoms with Gasteiger partial charge in [0.2, 0.25) is 0 Å². The van der Waals surface area contributed by atoms with Crippen LogP contribution in [0.5, 0.6) is 0 Å². The predicted molar refractivity (Wildman–Crippen MR) is 140 cm³/mol. The molecule has 2 aliphatic rings. The summed E-state index contributed by atoms with van der Waals surface area (Å²) in [5, 5.41) is 1.14. The molecule has 0 N–H and O–H groups in total. The number of pyridine rings is 1. The molecular weight excluding hydrogens is 450 g/mol. The average molecular weight is 482 g/mol. The number of fused-ring (bicyclic) bond motifs is 2. The zero-order valence-electron chi connectivity index (χ0n) is 20.7. The Bertz CT molecular complexity index is 1370. The molecule has 6 rings (SSSR count). The molecular formula is C30H31N3O3. The highest BCUT2D eigenvalue weighted by atomic mass is 16.5. The van der Waals surface area contributed by atoms with Crippen molar-refractivity contribution in [2.24, 2.45) is 0 Å². The Morgan fingerprint density at radius 2 is 1.78 bits per heavy atom. The van der Waals surface area contributed by atoms with E-state index in [0.717, 1.165) is 59.5 Å². The van der Waals surface area contributed by atoms with Gasteiger partial charge >= 0.3 is 0 Å². The van der Waals surface area contributed by atoms with Gasteiger partial charge in [-0.05, 0) is 79.8 Å². The summed E-state index contributed by atoms with van der Waals surface area (Å²) < 4.78 is 11.3. The third kappa shape index (κ3) is 4.61. The number of aryl methyl sites for hydroxylation is 3. The van der Waals surface area contributed by atoms with Crippen molar-refractivity contribution < 1.29 is 13.9 Å². The second kappa shape index (κ2) is 9.78. The van der Waals surface area contributed by atoms with Gasteiger partial charge < -0.3 is 19.0 Å². The first-order valence-electron chi connectivity index (χ1n) is 12.8. The van der Waals surface area contributed by atoms with E-state index in [0.29, 0.717) is 31.9 Å². The largest absolute Gasteiger partial charge is 0.467 e. The monoisotopic (exact) mass is 481 g/mol. The third-order valence-corrected chi connectivity index (χ3v) is 7.27. The number of hydrogen-bond donors (Lipinski definition) is 0. The number of carbonyl (C=O) groups is 1. The highest BCUT2D eigenvalue weighted by Crippen LogP contribution is 2.31. The Labute approximate surface area is 211 Å². The van der Waals surface area contributed by atoms with Crippen LogP contribution in [0.15, 0.2) is 65.3 Å². The number of nitrogens with zero attached hydrogens (tertiary/aromatic N) is 3. The molecule has 36 heavy (non-hydrogen) atoms. The first kappa shape index (κ1) is 22.8. The van der Waals surface area contributed by atoms with Crippen LogP contribution < -0.4 is 4.90 Å². The number of rotatable bonds is 6. The number of benzene rings is 2. The minimum Gasteiger partial charge on any atom is -0.467 e. The number of hydrogen-bond acceptors (Lipinski definition) is 5. The molecule has 0 radical (unpaired) electrons. The van der Waals surface area contributed by atoms with Gasteiger partial charge in [-0.3, -0.25) is 4.79 Å². The fourth-order valence-electron chi connectivity index (χ4n) is 5.32. The van der Waals surface area contributed by atoms with Crippen molar-refractivity contribution >= 4 is 22.6 Å². The summed E-state index contributed by atoms with van der Waals surface area (Å²) in [6.45, 7) is 5.82. The number of carbonyl (C=O) groups excluding carboxylic acids is 1. The second-order valence-electron chi connectivity index (χ2n) is 9.84. The van der Waals surface area contributed by atoms with Gasteiger partial charge in [0, 0.05) is 29.6 Å². The number of ether oxygens (including phenoxy) is 1. The Morgan fingerprint density at radius 3 is 2.53 bits per heavy atom. The van der Waals surface area contributed by atoms with E-state index in [1.807, 2.05) is 48.2 Å². The van der Waals surface area contributed by atoms with Gasteiger partial charge in [0.25, 0.3) is 5.91 Å². The van der Waals surface area contributed by atoms with Crippen molar-refractivity contribution in [2.45, 2.75) is 39.3 Å². The summed E-state index contributed by atoms with van der Waals surface area (Å²) in [5.41, 5.74) is 6.73. The number of anilines is 1. The van der Waals surface area contributed by atoms with E-state index in [9.17, 15) is 4.79 Å². The highest BCUT2D eigenvalue weighted by Gasteiger charge is 2.24. The molecule has 1 aliphatic carbocycles. The number of amides is 1. The fourth-order valence-corrected chi connectivity index (χ4v) is 5.32. The van der Waals surface area contributed by atoms with Crippen LogP contribution in [0.4, 0.5) is 5.82 Å². The molecule has 0 bridgehead atoms. The van der Waals surface area contributed by atoms with Crippen molar-refractivity contribution in [1.82, 2.24) is 9.88 Å². The Kier molecular flexibility index (Phi) is 6.20. The lowest BCUT2D eigenvalue weighted by molar-refractivity contribution is 0.0717. The standard InChI is InChI=1S/C30H31N3O3/c1-21-7-9-22(10-8-21)30(34)33(20-27-6-3-13-36-27)19-26-17-25-16-23-4-2-5-24(23)18-28(25)31-29(26)32-11-14-35-15-12-32/h3,6-10,13,16-18H,2,4-5,11-12,14-15,19-20H2,1H3. The predicted octanol–water partition coefficient (Wildman–Crippen LogP) is 5.30. The lowest BCUT2D eigenvalue weighted by atomic mass is 10.0. The smallest absolute Gasteiger partial charge is 0.254 e.